The van der Waals surface area contributed by atoms with Gasteiger partial charge in [0.2, 0.25) is 5.91 Å². The van der Waals surface area contributed by atoms with Crippen molar-refractivity contribution in [3.63, 3.8) is 0 Å². The molecule has 1 saturated heterocycles. The number of amides is 1. The van der Waals surface area contributed by atoms with Gasteiger partial charge in [0.15, 0.2) is 6.29 Å². The van der Waals surface area contributed by atoms with Crippen molar-refractivity contribution in [2.24, 2.45) is 0 Å². The molecule has 3 aromatic rings. The number of carbonyl (C=O) groups excluding carboxylic acids is 1. The number of pyridine rings is 1. The van der Waals surface area contributed by atoms with Crippen LogP contribution in [0.4, 0.5) is 5.69 Å². The molecule has 1 amide bonds. The van der Waals surface area contributed by atoms with E-state index in [1.807, 2.05) is 48.5 Å². The molecule has 1 aliphatic heterocycles. The van der Waals surface area contributed by atoms with Crippen LogP contribution in [0.3, 0.4) is 0 Å². The maximum Gasteiger partial charge on any atom is 0.303 e. The molecule has 0 saturated carbocycles. The first-order chi connectivity index (χ1) is 17.5. The molecule has 8 nitrogen and oxygen atoms in total. The average molecular weight is 509 g/mol. The van der Waals surface area contributed by atoms with Gasteiger partial charge in [0, 0.05) is 36.0 Å². The molecule has 0 bridgehead atoms. The van der Waals surface area contributed by atoms with Gasteiger partial charge in [-0.3, -0.25) is 9.59 Å². The summed E-state index contributed by atoms with van der Waals surface area (Å²) in [5, 5.41) is 21.8. The second-order valence-corrected chi connectivity index (χ2v) is 9.44. The number of rotatable bonds is 10. The summed E-state index contributed by atoms with van der Waals surface area (Å²) >= 11 is 1.62. The highest BCUT2D eigenvalue weighted by molar-refractivity contribution is 7.99. The number of anilines is 1. The number of hydrogen-bond donors (Lipinski definition) is 3. The van der Waals surface area contributed by atoms with Crippen LogP contribution in [0, 0.1) is 0 Å². The molecule has 0 aliphatic carbocycles. The van der Waals surface area contributed by atoms with E-state index in [4.69, 9.17) is 14.6 Å². The predicted molar refractivity (Wildman–Crippen MR) is 135 cm³/mol. The summed E-state index contributed by atoms with van der Waals surface area (Å²) in [6.07, 6.45) is 1.08. The van der Waals surface area contributed by atoms with Gasteiger partial charge < -0.3 is 25.0 Å². The molecule has 3 N–H and O–H groups in total. The molecule has 36 heavy (non-hydrogen) atoms. The van der Waals surface area contributed by atoms with Crippen molar-refractivity contribution in [1.82, 2.24) is 4.98 Å². The highest BCUT2D eigenvalue weighted by Crippen LogP contribution is 2.39. The van der Waals surface area contributed by atoms with Crippen molar-refractivity contribution in [3.05, 3.63) is 89.6 Å². The lowest BCUT2D eigenvalue weighted by Crippen LogP contribution is -2.31. The largest absolute Gasteiger partial charge is 0.481 e. The number of hydrogen-bond acceptors (Lipinski definition) is 7. The molecule has 4 rings (SSSR count). The summed E-state index contributed by atoms with van der Waals surface area (Å²) in [7, 11) is 0. The second-order valence-electron chi connectivity index (χ2n) is 8.40. The Hall–Kier alpha value is -3.24. The molecule has 1 aliphatic rings. The van der Waals surface area contributed by atoms with E-state index in [9.17, 15) is 14.7 Å². The molecular weight excluding hydrogens is 480 g/mol. The number of benzene rings is 2. The normalized spacial score (nSPS) is 19.5. The summed E-state index contributed by atoms with van der Waals surface area (Å²) < 4.78 is 12.7. The number of carboxylic acid groups (broad SMARTS) is 1. The summed E-state index contributed by atoms with van der Waals surface area (Å²) in [6, 6.07) is 20.7. The zero-order chi connectivity index (χ0) is 25.3. The predicted octanol–water partition coefficient (Wildman–Crippen LogP) is 4.71. The SMILES string of the molecule is O=C(O)CCC(=O)Nc1cccc([C@H]2O[C@@H](CSc3ccccn3)C[C@@H](c3ccc(CO)cc3)O2)c1. The topological polar surface area (TPSA) is 118 Å². The number of carboxylic acids is 1. The van der Waals surface area contributed by atoms with E-state index in [2.05, 4.69) is 10.3 Å². The molecule has 188 valence electrons. The Labute approximate surface area is 213 Å². The number of thioether (sulfide) groups is 1. The number of aliphatic hydroxyl groups excluding tert-OH is 1. The number of aromatic nitrogens is 1. The van der Waals surface area contributed by atoms with Crippen LogP contribution in [0.25, 0.3) is 0 Å². The van der Waals surface area contributed by atoms with Crippen molar-refractivity contribution in [2.75, 3.05) is 11.1 Å². The number of ether oxygens (including phenoxy) is 2. The monoisotopic (exact) mass is 508 g/mol. The van der Waals surface area contributed by atoms with Crippen molar-refractivity contribution >= 4 is 29.3 Å². The Morgan fingerprint density at radius 3 is 2.56 bits per heavy atom. The lowest BCUT2D eigenvalue weighted by Gasteiger charge is -2.36. The summed E-state index contributed by atoms with van der Waals surface area (Å²) in [5.41, 5.74) is 3.11. The number of carbonyl (C=O) groups is 2. The van der Waals surface area contributed by atoms with Gasteiger partial charge in [0.05, 0.1) is 30.3 Å². The van der Waals surface area contributed by atoms with E-state index in [1.165, 1.54) is 0 Å². The zero-order valence-electron chi connectivity index (χ0n) is 19.6. The van der Waals surface area contributed by atoms with Crippen LogP contribution in [0.5, 0.6) is 0 Å². The first-order valence-corrected chi connectivity index (χ1v) is 12.6. The van der Waals surface area contributed by atoms with Crippen molar-refractivity contribution in [2.45, 2.75) is 49.4 Å². The minimum Gasteiger partial charge on any atom is -0.481 e. The lowest BCUT2D eigenvalue weighted by molar-refractivity contribution is -0.245. The zero-order valence-corrected chi connectivity index (χ0v) is 20.4. The minimum atomic E-state index is -1.02. The Bertz CT molecular complexity index is 1160. The maximum atomic E-state index is 12.1. The van der Waals surface area contributed by atoms with Crippen molar-refractivity contribution < 1.29 is 29.3 Å². The highest BCUT2D eigenvalue weighted by Gasteiger charge is 2.32. The van der Waals surface area contributed by atoms with Crippen LogP contribution >= 0.6 is 11.8 Å². The number of aliphatic hydroxyl groups is 1. The molecular formula is C27H28N2O6S. The van der Waals surface area contributed by atoms with E-state index in [0.29, 0.717) is 17.9 Å². The summed E-state index contributed by atoms with van der Waals surface area (Å²) in [6.45, 7) is -0.0220. The van der Waals surface area contributed by atoms with E-state index >= 15 is 0 Å². The summed E-state index contributed by atoms with van der Waals surface area (Å²) in [4.78, 5) is 27.2. The Kier molecular flexibility index (Phi) is 9.07. The molecule has 0 radical (unpaired) electrons. The van der Waals surface area contributed by atoms with Crippen LogP contribution in [0.1, 0.15) is 48.3 Å². The van der Waals surface area contributed by atoms with E-state index in [1.54, 1.807) is 36.2 Å². The van der Waals surface area contributed by atoms with Crippen molar-refractivity contribution in [3.8, 4) is 0 Å². The summed E-state index contributed by atoms with van der Waals surface area (Å²) in [5.74, 6) is -0.699. The standard InChI is InChI=1S/C27H28N2O6S/c30-16-18-7-9-19(10-8-18)23-15-22(17-36-25-6-1-2-13-28-25)34-27(35-23)20-4-3-5-21(14-20)29-24(31)11-12-26(32)33/h1-10,13-14,22-23,27,30H,11-12,15-17H2,(H,29,31)(H,32,33)/t22-,23+,27+/m1/s1. The van der Waals surface area contributed by atoms with Gasteiger partial charge in [-0.1, -0.05) is 42.5 Å². The fourth-order valence-corrected chi connectivity index (χ4v) is 4.72. The Balaban J connectivity index is 1.50. The van der Waals surface area contributed by atoms with Crippen molar-refractivity contribution in [1.29, 1.82) is 0 Å². The lowest BCUT2D eigenvalue weighted by atomic mass is 10.0. The van der Waals surface area contributed by atoms with Gasteiger partial charge in [0.1, 0.15) is 0 Å². The molecule has 2 heterocycles. The van der Waals surface area contributed by atoms with Gasteiger partial charge in [-0.05, 0) is 35.4 Å². The fraction of sp³-hybridized carbons (Fsp3) is 0.296. The minimum absolute atomic E-state index is 0.0220. The van der Waals surface area contributed by atoms with E-state index in [-0.39, 0.29) is 37.6 Å². The molecule has 2 aromatic carbocycles. The molecule has 0 spiro atoms. The highest BCUT2D eigenvalue weighted by atomic mass is 32.2. The van der Waals surface area contributed by atoms with E-state index < -0.39 is 12.3 Å². The first kappa shape index (κ1) is 25.8. The van der Waals surface area contributed by atoms with Gasteiger partial charge in [-0.2, -0.15) is 0 Å². The van der Waals surface area contributed by atoms with Crippen LogP contribution in [-0.4, -0.2) is 38.9 Å². The molecule has 9 heteroatoms. The van der Waals surface area contributed by atoms with Crippen LogP contribution in [-0.2, 0) is 25.7 Å². The Morgan fingerprint density at radius 2 is 1.83 bits per heavy atom. The third kappa shape index (κ3) is 7.38. The molecule has 3 atom stereocenters. The fourth-order valence-electron chi connectivity index (χ4n) is 3.84. The smallest absolute Gasteiger partial charge is 0.303 e. The van der Waals surface area contributed by atoms with Crippen LogP contribution < -0.4 is 5.32 Å². The quantitative estimate of drug-likeness (QED) is 0.337. The van der Waals surface area contributed by atoms with Gasteiger partial charge >= 0.3 is 5.97 Å². The van der Waals surface area contributed by atoms with Crippen LogP contribution in [0.15, 0.2) is 78.0 Å². The van der Waals surface area contributed by atoms with Gasteiger partial charge in [0.25, 0.3) is 0 Å². The van der Waals surface area contributed by atoms with Crippen LogP contribution in [0.2, 0.25) is 0 Å². The number of aliphatic carboxylic acids is 1. The van der Waals surface area contributed by atoms with Gasteiger partial charge in [-0.15, -0.1) is 11.8 Å². The third-order valence-corrected chi connectivity index (χ3v) is 6.75. The third-order valence-electron chi connectivity index (χ3n) is 5.68. The average Bonchev–Trinajstić information content (AvgIpc) is 2.91. The van der Waals surface area contributed by atoms with Gasteiger partial charge in [-0.25, -0.2) is 4.98 Å². The second kappa shape index (κ2) is 12.6. The Morgan fingerprint density at radius 1 is 1.00 bits per heavy atom. The van der Waals surface area contributed by atoms with E-state index in [0.717, 1.165) is 21.7 Å². The maximum absolute atomic E-state index is 12.1. The number of nitrogens with one attached hydrogen (secondary N) is 1. The molecule has 1 aromatic heterocycles. The number of nitrogens with zero attached hydrogens (tertiary/aromatic N) is 1. The first-order valence-electron chi connectivity index (χ1n) is 11.7. The molecule has 1 fully saturated rings. The molecule has 0 unspecified atom stereocenters.